The second-order valence-corrected chi connectivity index (χ2v) is 4.91. The van der Waals surface area contributed by atoms with E-state index in [9.17, 15) is 0 Å². The molecule has 0 saturated carbocycles. The summed E-state index contributed by atoms with van der Waals surface area (Å²) in [6, 6.07) is 6.23. The van der Waals surface area contributed by atoms with Crippen molar-refractivity contribution < 1.29 is 9.47 Å². The summed E-state index contributed by atoms with van der Waals surface area (Å²) >= 11 is 0. The third-order valence-corrected chi connectivity index (χ3v) is 3.33. The molecule has 1 N–H and O–H groups in total. The molecule has 2 rings (SSSR count). The van der Waals surface area contributed by atoms with Gasteiger partial charge in [0.05, 0.1) is 6.10 Å². The van der Waals surface area contributed by atoms with Crippen molar-refractivity contribution in [3.8, 4) is 5.75 Å². The van der Waals surface area contributed by atoms with Crippen LogP contribution in [0.5, 0.6) is 5.75 Å². The topological polar surface area (TPSA) is 30.5 Å². The first-order valence-electron chi connectivity index (χ1n) is 6.78. The Balaban J connectivity index is 1.65. The number of aryl methyl sites for hydroxylation is 2. The molecule has 0 amide bonds. The molecule has 100 valence electrons. The lowest BCUT2D eigenvalue weighted by Crippen LogP contribution is -2.29. The maximum absolute atomic E-state index is 5.83. The molecule has 0 bridgehead atoms. The van der Waals surface area contributed by atoms with Crippen LogP contribution in [0.15, 0.2) is 18.2 Å². The Labute approximate surface area is 109 Å². The molecule has 1 unspecified atom stereocenters. The molecule has 3 heteroatoms. The highest BCUT2D eigenvalue weighted by Gasteiger charge is 2.14. The maximum Gasteiger partial charge on any atom is 0.125 e. The number of rotatable bonds is 6. The lowest BCUT2D eigenvalue weighted by molar-refractivity contribution is 0.109. The van der Waals surface area contributed by atoms with Crippen LogP contribution in [0.1, 0.15) is 24.0 Å². The van der Waals surface area contributed by atoms with Gasteiger partial charge in [-0.1, -0.05) is 18.2 Å². The van der Waals surface area contributed by atoms with Crippen LogP contribution >= 0.6 is 0 Å². The van der Waals surface area contributed by atoms with Crippen LogP contribution in [0.2, 0.25) is 0 Å². The molecule has 0 aromatic heterocycles. The zero-order chi connectivity index (χ0) is 12.8. The fraction of sp³-hybridized carbons (Fsp3) is 0.600. The largest absolute Gasteiger partial charge is 0.492 e. The Morgan fingerprint density at radius 3 is 2.78 bits per heavy atom. The molecule has 18 heavy (non-hydrogen) atoms. The average Bonchev–Trinajstić information content (AvgIpc) is 2.85. The van der Waals surface area contributed by atoms with Crippen molar-refractivity contribution in [2.24, 2.45) is 0 Å². The Morgan fingerprint density at radius 1 is 1.33 bits per heavy atom. The fourth-order valence-electron chi connectivity index (χ4n) is 2.32. The number of benzene rings is 1. The van der Waals surface area contributed by atoms with Crippen LogP contribution < -0.4 is 10.1 Å². The number of nitrogens with one attached hydrogen (secondary N) is 1. The molecule has 0 spiro atoms. The summed E-state index contributed by atoms with van der Waals surface area (Å²) in [6.45, 7) is 7.61. The predicted molar refractivity (Wildman–Crippen MR) is 73.3 cm³/mol. The van der Waals surface area contributed by atoms with Crippen molar-refractivity contribution >= 4 is 0 Å². The molecule has 1 atom stereocenters. The van der Waals surface area contributed by atoms with Gasteiger partial charge in [0.15, 0.2) is 0 Å². The predicted octanol–water partition coefficient (Wildman–Crippen LogP) is 2.45. The van der Waals surface area contributed by atoms with E-state index < -0.39 is 0 Å². The molecule has 1 aliphatic rings. The van der Waals surface area contributed by atoms with Crippen molar-refractivity contribution in [3.63, 3.8) is 0 Å². The van der Waals surface area contributed by atoms with E-state index in [4.69, 9.17) is 9.47 Å². The number of hydrogen-bond donors (Lipinski definition) is 1. The number of ether oxygens (including phenoxy) is 2. The van der Waals surface area contributed by atoms with Crippen molar-refractivity contribution in [2.45, 2.75) is 32.8 Å². The molecular formula is C15H23NO2. The van der Waals surface area contributed by atoms with Crippen molar-refractivity contribution in [1.82, 2.24) is 5.32 Å². The van der Waals surface area contributed by atoms with E-state index in [2.05, 4.69) is 37.4 Å². The molecule has 1 aromatic rings. The van der Waals surface area contributed by atoms with Gasteiger partial charge in [0.2, 0.25) is 0 Å². The lowest BCUT2D eigenvalue weighted by atomic mass is 10.1. The molecule has 3 nitrogen and oxygen atoms in total. The molecule has 1 aromatic carbocycles. The van der Waals surface area contributed by atoms with Crippen LogP contribution in [0.4, 0.5) is 0 Å². The molecular weight excluding hydrogens is 226 g/mol. The Kier molecular flexibility index (Phi) is 5.02. The van der Waals surface area contributed by atoms with Gasteiger partial charge < -0.3 is 14.8 Å². The normalized spacial score (nSPS) is 19.1. The molecule has 0 radical (unpaired) electrons. The minimum Gasteiger partial charge on any atom is -0.492 e. The van der Waals surface area contributed by atoms with Crippen molar-refractivity contribution in [2.75, 3.05) is 26.3 Å². The minimum absolute atomic E-state index is 0.408. The van der Waals surface area contributed by atoms with E-state index in [0.29, 0.717) is 12.7 Å². The van der Waals surface area contributed by atoms with E-state index in [-0.39, 0.29) is 0 Å². The SMILES string of the molecule is Cc1cccc(C)c1OCCNCC1CCCO1. The van der Waals surface area contributed by atoms with Gasteiger partial charge in [-0.05, 0) is 37.8 Å². The first-order valence-corrected chi connectivity index (χ1v) is 6.78. The van der Waals surface area contributed by atoms with Gasteiger partial charge in [-0.15, -0.1) is 0 Å². The summed E-state index contributed by atoms with van der Waals surface area (Å²) in [5, 5.41) is 3.39. The van der Waals surface area contributed by atoms with E-state index >= 15 is 0 Å². The molecule has 1 aliphatic heterocycles. The summed E-state index contributed by atoms with van der Waals surface area (Å²) in [4.78, 5) is 0. The standard InChI is InChI=1S/C15H23NO2/c1-12-5-3-6-13(2)15(12)18-10-8-16-11-14-7-4-9-17-14/h3,5-6,14,16H,4,7-11H2,1-2H3. The lowest BCUT2D eigenvalue weighted by Gasteiger charge is -2.13. The van der Waals surface area contributed by atoms with E-state index in [1.54, 1.807) is 0 Å². The van der Waals surface area contributed by atoms with Gasteiger partial charge in [-0.25, -0.2) is 0 Å². The first-order chi connectivity index (χ1) is 8.77. The van der Waals surface area contributed by atoms with Crippen molar-refractivity contribution in [3.05, 3.63) is 29.3 Å². The third kappa shape index (κ3) is 3.72. The van der Waals surface area contributed by atoms with Crippen LogP contribution in [-0.2, 0) is 4.74 Å². The summed E-state index contributed by atoms with van der Waals surface area (Å²) in [6.07, 6.45) is 2.79. The first kappa shape index (κ1) is 13.4. The summed E-state index contributed by atoms with van der Waals surface area (Å²) in [7, 11) is 0. The smallest absolute Gasteiger partial charge is 0.125 e. The molecule has 1 fully saturated rings. The summed E-state index contributed by atoms with van der Waals surface area (Å²) in [5.41, 5.74) is 2.41. The van der Waals surface area contributed by atoms with Crippen LogP contribution in [0.25, 0.3) is 0 Å². The van der Waals surface area contributed by atoms with E-state index in [0.717, 1.165) is 25.4 Å². The van der Waals surface area contributed by atoms with Crippen LogP contribution in [0, 0.1) is 13.8 Å². The number of para-hydroxylation sites is 1. The average molecular weight is 249 g/mol. The number of hydrogen-bond acceptors (Lipinski definition) is 3. The van der Waals surface area contributed by atoms with Gasteiger partial charge in [-0.2, -0.15) is 0 Å². The second kappa shape index (κ2) is 6.76. The highest BCUT2D eigenvalue weighted by atomic mass is 16.5. The van der Waals surface area contributed by atoms with Gasteiger partial charge in [0, 0.05) is 19.7 Å². The maximum atomic E-state index is 5.83. The van der Waals surface area contributed by atoms with E-state index in [1.807, 2.05) is 0 Å². The fourth-order valence-corrected chi connectivity index (χ4v) is 2.32. The zero-order valence-corrected chi connectivity index (χ0v) is 11.4. The second-order valence-electron chi connectivity index (χ2n) is 4.91. The Morgan fingerprint density at radius 2 is 2.11 bits per heavy atom. The van der Waals surface area contributed by atoms with E-state index in [1.165, 1.54) is 24.0 Å². The van der Waals surface area contributed by atoms with Gasteiger partial charge in [0.1, 0.15) is 12.4 Å². The molecule has 0 aliphatic carbocycles. The highest BCUT2D eigenvalue weighted by Crippen LogP contribution is 2.21. The van der Waals surface area contributed by atoms with Gasteiger partial charge in [0.25, 0.3) is 0 Å². The quantitative estimate of drug-likeness (QED) is 0.786. The Bertz CT molecular complexity index is 353. The molecule has 1 saturated heterocycles. The molecule has 1 heterocycles. The summed E-state index contributed by atoms with van der Waals surface area (Å²) < 4.78 is 11.4. The van der Waals surface area contributed by atoms with Crippen molar-refractivity contribution in [1.29, 1.82) is 0 Å². The van der Waals surface area contributed by atoms with Gasteiger partial charge in [-0.3, -0.25) is 0 Å². The van der Waals surface area contributed by atoms with Crippen LogP contribution in [0.3, 0.4) is 0 Å². The minimum atomic E-state index is 0.408. The van der Waals surface area contributed by atoms with Crippen LogP contribution in [-0.4, -0.2) is 32.4 Å². The monoisotopic (exact) mass is 249 g/mol. The van der Waals surface area contributed by atoms with Gasteiger partial charge >= 0.3 is 0 Å². The highest BCUT2D eigenvalue weighted by molar-refractivity contribution is 5.39. The Hall–Kier alpha value is -1.06. The zero-order valence-electron chi connectivity index (χ0n) is 11.4. The summed E-state index contributed by atoms with van der Waals surface area (Å²) in [5.74, 6) is 1.02. The third-order valence-electron chi connectivity index (χ3n) is 3.33.